The van der Waals surface area contributed by atoms with E-state index in [4.69, 9.17) is 4.74 Å². The highest BCUT2D eigenvalue weighted by molar-refractivity contribution is 5.91. The van der Waals surface area contributed by atoms with Gasteiger partial charge in [0.15, 0.2) is 0 Å². The summed E-state index contributed by atoms with van der Waals surface area (Å²) in [6.07, 6.45) is 5.13. The Morgan fingerprint density at radius 3 is 2.00 bits per heavy atom. The minimum atomic E-state index is -0.294. The fourth-order valence-corrected chi connectivity index (χ4v) is 3.26. The molecule has 0 unspecified atom stereocenters. The number of rotatable bonds is 3. The Morgan fingerprint density at radius 2 is 1.44 bits per heavy atom. The highest BCUT2D eigenvalue weighted by Gasteiger charge is 2.20. The van der Waals surface area contributed by atoms with Crippen molar-refractivity contribution in [2.24, 2.45) is 5.92 Å². The van der Waals surface area contributed by atoms with E-state index in [1.165, 1.54) is 31.2 Å². The molecule has 2 heteroatoms. The molecule has 0 heterocycles. The van der Waals surface area contributed by atoms with Crippen molar-refractivity contribution in [3.05, 3.63) is 65.2 Å². The van der Waals surface area contributed by atoms with E-state index in [0.717, 1.165) is 11.5 Å². The average Bonchev–Trinajstić information content (AvgIpc) is 2.66. The molecule has 25 heavy (non-hydrogen) atoms. The Kier molecular flexibility index (Phi) is 7.24. The number of benzene rings is 2. The first kappa shape index (κ1) is 19.2. The van der Waals surface area contributed by atoms with Gasteiger partial charge in [0.1, 0.15) is 5.75 Å². The van der Waals surface area contributed by atoms with Crippen molar-refractivity contribution in [1.82, 2.24) is 0 Å². The van der Waals surface area contributed by atoms with Crippen LogP contribution in [0.1, 0.15) is 73.9 Å². The Bertz CT molecular complexity index is 647. The quantitative estimate of drug-likeness (QED) is 0.469. The second kappa shape index (κ2) is 9.41. The van der Waals surface area contributed by atoms with E-state index in [-0.39, 0.29) is 5.97 Å². The van der Waals surface area contributed by atoms with Crippen LogP contribution >= 0.6 is 0 Å². The molecule has 0 N–H and O–H groups in total. The first-order valence-electron chi connectivity index (χ1n) is 9.50. The van der Waals surface area contributed by atoms with Gasteiger partial charge >= 0.3 is 5.97 Å². The Labute approximate surface area is 152 Å². The van der Waals surface area contributed by atoms with E-state index in [1.807, 2.05) is 57.2 Å². The lowest BCUT2D eigenvalue weighted by molar-refractivity contribution is 0.0734. The van der Waals surface area contributed by atoms with E-state index in [2.05, 4.69) is 19.1 Å². The molecule has 0 bridgehead atoms. The monoisotopic (exact) mass is 338 g/mol. The zero-order valence-corrected chi connectivity index (χ0v) is 15.9. The molecule has 0 aliphatic heterocycles. The summed E-state index contributed by atoms with van der Waals surface area (Å²) in [6.45, 7) is 8.34. The summed E-state index contributed by atoms with van der Waals surface area (Å²) in [5.41, 5.74) is 3.11. The van der Waals surface area contributed by atoms with Crippen molar-refractivity contribution in [3.8, 4) is 5.75 Å². The van der Waals surface area contributed by atoms with Crippen LogP contribution in [0.2, 0.25) is 0 Å². The van der Waals surface area contributed by atoms with Crippen LogP contribution in [0.4, 0.5) is 0 Å². The van der Waals surface area contributed by atoms with Crippen LogP contribution in [0.15, 0.2) is 48.5 Å². The third kappa shape index (κ3) is 5.45. The third-order valence-electron chi connectivity index (χ3n) is 4.87. The standard InChI is InChI=1S/C21H24O2.C2H6/c1-15-3-7-17(8-4-15)18-9-11-19(12-10-18)21(22)23-20-13-5-16(2)6-14-20;1-2/h5-6,9-15,17H,3-4,7-8H2,1-2H3;1-2H3. The molecule has 1 saturated carbocycles. The Balaban J connectivity index is 0.00000109. The molecule has 1 aliphatic rings. The van der Waals surface area contributed by atoms with Crippen molar-refractivity contribution in [3.63, 3.8) is 0 Å². The summed E-state index contributed by atoms with van der Waals surface area (Å²) in [5.74, 6) is 1.80. The maximum atomic E-state index is 12.2. The maximum Gasteiger partial charge on any atom is 0.343 e. The zero-order valence-electron chi connectivity index (χ0n) is 15.9. The van der Waals surface area contributed by atoms with Gasteiger partial charge < -0.3 is 4.74 Å². The lowest BCUT2D eigenvalue weighted by Crippen LogP contribution is -2.12. The Hall–Kier alpha value is -2.09. The van der Waals surface area contributed by atoms with Crippen molar-refractivity contribution >= 4 is 5.97 Å². The fourth-order valence-electron chi connectivity index (χ4n) is 3.26. The molecular weight excluding hydrogens is 308 g/mol. The molecule has 0 aromatic heterocycles. The van der Waals surface area contributed by atoms with Gasteiger partial charge in [-0.15, -0.1) is 0 Å². The van der Waals surface area contributed by atoms with Crippen LogP contribution in [-0.2, 0) is 0 Å². The Morgan fingerprint density at radius 1 is 0.880 bits per heavy atom. The molecule has 134 valence electrons. The topological polar surface area (TPSA) is 26.3 Å². The number of ether oxygens (including phenoxy) is 1. The van der Waals surface area contributed by atoms with Gasteiger partial charge in [0, 0.05) is 0 Å². The van der Waals surface area contributed by atoms with Crippen LogP contribution in [0.5, 0.6) is 5.75 Å². The predicted molar refractivity (Wildman–Crippen MR) is 104 cm³/mol. The van der Waals surface area contributed by atoms with Gasteiger partial charge in [-0.2, -0.15) is 0 Å². The number of hydrogen-bond acceptors (Lipinski definition) is 2. The van der Waals surface area contributed by atoms with Gasteiger partial charge in [-0.1, -0.05) is 63.4 Å². The average molecular weight is 338 g/mol. The number of carbonyl (C=O) groups is 1. The second-order valence-corrected chi connectivity index (χ2v) is 6.78. The SMILES string of the molecule is CC.Cc1ccc(OC(=O)c2ccc(C3CCC(C)CC3)cc2)cc1. The molecule has 2 aromatic carbocycles. The summed E-state index contributed by atoms with van der Waals surface area (Å²) >= 11 is 0. The molecule has 0 amide bonds. The summed E-state index contributed by atoms with van der Waals surface area (Å²) in [5, 5.41) is 0. The van der Waals surface area contributed by atoms with Crippen LogP contribution in [-0.4, -0.2) is 5.97 Å². The second-order valence-electron chi connectivity index (χ2n) is 6.78. The molecule has 2 aromatic rings. The number of esters is 1. The van der Waals surface area contributed by atoms with Crippen LogP contribution in [0.25, 0.3) is 0 Å². The minimum absolute atomic E-state index is 0.294. The van der Waals surface area contributed by atoms with Crippen molar-refractivity contribution in [1.29, 1.82) is 0 Å². The largest absolute Gasteiger partial charge is 0.423 e. The number of carbonyl (C=O) groups excluding carboxylic acids is 1. The number of aryl methyl sites for hydroxylation is 1. The molecule has 0 spiro atoms. The van der Waals surface area contributed by atoms with E-state index in [9.17, 15) is 4.79 Å². The highest BCUT2D eigenvalue weighted by Crippen LogP contribution is 2.35. The molecule has 1 fully saturated rings. The summed E-state index contributed by atoms with van der Waals surface area (Å²) < 4.78 is 5.42. The van der Waals surface area contributed by atoms with Crippen molar-refractivity contribution < 1.29 is 9.53 Å². The van der Waals surface area contributed by atoms with Crippen molar-refractivity contribution in [2.45, 2.75) is 59.3 Å². The fraction of sp³-hybridized carbons (Fsp3) is 0.435. The van der Waals surface area contributed by atoms with E-state index in [0.29, 0.717) is 17.2 Å². The van der Waals surface area contributed by atoms with Gasteiger partial charge in [-0.25, -0.2) is 4.79 Å². The van der Waals surface area contributed by atoms with E-state index in [1.54, 1.807) is 0 Å². The third-order valence-corrected chi connectivity index (χ3v) is 4.87. The lowest BCUT2D eigenvalue weighted by Gasteiger charge is -2.26. The van der Waals surface area contributed by atoms with Crippen LogP contribution in [0.3, 0.4) is 0 Å². The van der Waals surface area contributed by atoms with Gasteiger partial charge in [0.05, 0.1) is 5.56 Å². The van der Waals surface area contributed by atoms with Gasteiger partial charge in [-0.05, 0) is 61.4 Å². The first-order chi connectivity index (χ1) is 12.1. The summed E-state index contributed by atoms with van der Waals surface area (Å²) in [6, 6.07) is 15.5. The maximum absolute atomic E-state index is 12.2. The highest BCUT2D eigenvalue weighted by atomic mass is 16.5. The summed E-state index contributed by atoms with van der Waals surface area (Å²) in [4.78, 5) is 12.2. The molecule has 0 atom stereocenters. The number of hydrogen-bond donors (Lipinski definition) is 0. The van der Waals surface area contributed by atoms with Gasteiger partial charge in [0.2, 0.25) is 0 Å². The zero-order chi connectivity index (χ0) is 18.2. The predicted octanol–water partition coefficient (Wildman–Crippen LogP) is 6.53. The van der Waals surface area contributed by atoms with Crippen LogP contribution in [0, 0.1) is 12.8 Å². The summed E-state index contributed by atoms with van der Waals surface area (Å²) in [7, 11) is 0. The van der Waals surface area contributed by atoms with Crippen molar-refractivity contribution in [2.75, 3.05) is 0 Å². The molecule has 2 nitrogen and oxygen atoms in total. The van der Waals surface area contributed by atoms with E-state index < -0.39 is 0 Å². The molecular formula is C23H30O2. The molecule has 3 rings (SSSR count). The van der Waals surface area contributed by atoms with E-state index >= 15 is 0 Å². The first-order valence-corrected chi connectivity index (χ1v) is 9.50. The molecule has 0 saturated heterocycles. The smallest absolute Gasteiger partial charge is 0.343 e. The minimum Gasteiger partial charge on any atom is -0.423 e. The van der Waals surface area contributed by atoms with Crippen LogP contribution < -0.4 is 4.74 Å². The normalized spacial score (nSPS) is 19.5. The van der Waals surface area contributed by atoms with Gasteiger partial charge in [-0.3, -0.25) is 0 Å². The lowest BCUT2D eigenvalue weighted by atomic mass is 9.79. The molecule has 0 radical (unpaired) electrons. The van der Waals surface area contributed by atoms with Gasteiger partial charge in [0.25, 0.3) is 0 Å². The molecule has 1 aliphatic carbocycles.